The lowest BCUT2D eigenvalue weighted by molar-refractivity contribution is 0.759. The summed E-state index contributed by atoms with van der Waals surface area (Å²) < 4.78 is 0. The van der Waals surface area contributed by atoms with Crippen LogP contribution < -0.4 is 5.32 Å². The highest BCUT2D eigenvalue weighted by molar-refractivity contribution is 5.04. The van der Waals surface area contributed by atoms with Gasteiger partial charge in [-0.25, -0.2) is 0 Å². The molecule has 1 radical (unpaired) electrons. The van der Waals surface area contributed by atoms with Gasteiger partial charge in [0.15, 0.2) is 0 Å². The van der Waals surface area contributed by atoms with Crippen molar-refractivity contribution in [3.05, 3.63) is 12.3 Å². The number of hydrogen-bond acceptors (Lipinski definition) is 1. The number of nitriles is 1. The van der Waals surface area contributed by atoms with E-state index in [1.165, 1.54) is 0 Å². The van der Waals surface area contributed by atoms with E-state index in [1.54, 1.807) is 6.20 Å². The van der Waals surface area contributed by atoms with Crippen molar-refractivity contribution in [2.24, 2.45) is 0 Å². The van der Waals surface area contributed by atoms with E-state index >= 15 is 0 Å². The van der Waals surface area contributed by atoms with Crippen molar-refractivity contribution in [2.75, 3.05) is 0 Å². The topological polar surface area (TPSA) is 37.9 Å². The van der Waals surface area contributed by atoms with Gasteiger partial charge in [-0.3, -0.25) is 5.32 Å². The van der Waals surface area contributed by atoms with Crippen LogP contribution in [0.3, 0.4) is 0 Å². The van der Waals surface area contributed by atoms with Gasteiger partial charge in [-0.1, -0.05) is 6.08 Å². The van der Waals surface area contributed by atoms with Crippen LogP contribution in [0, 0.1) is 11.3 Å². The molecule has 35 valence electrons. The van der Waals surface area contributed by atoms with Crippen LogP contribution in [0.4, 0.5) is 0 Å². The van der Waals surface area contributed by atoms with Crippen LogP contribution in [0.15, 0.2) is 12.3 Å². The van der Waals surface area contributed by atoms with E-state index in [-0.39, 0.29) is 6.04 Å². The Hall–Kier alpha value is -0.970. The zero-order valence-corrected chi connectivity index (χ0v) is 3.83. The average Bonchev–Trinajstić information content (AvgIpc) is 2.14. The first-order chi connectivity index (χ1) is 3.43. The molecule has 7 heavy (non-hydrogen) atoms. The van der Waals surface area contributed by atoms with Gasteiger partial charge in [0, 0.05) is 12.6 Å². The molecule has 0 N–H and O–H groups in total. The summed E-state index contributed by atoms with van der Waals surface area (Å²) in [6.07, 6.45) is 4.39. The van der Waals surface area contributed by atoms with Crippen molar-refractivity contribution >= 4 is 0 Å². The number of hydrogen-bond donors (Lipinski definition) is 0. The fourth-order valence-electron chi connectivity index (χ4n) is 0.501. The van der Waals surface area contributed by atoms with Gasteiger partial charge in [0.05, 0.1) is 6.07 Å². The summed E-state index contributed by atoms with van der Waals surface area (Å²) in [5, 5.41) is 12.0. The maximum atomic E-state index is 8.18. The van der Waals surface area contributed by atoms with Gasteiger partial charge >= 0.3 is 0 Å². The molecule has 1 unspecified atom stereocenters. The van der Waals surface area contributed by atoms with E-state index in [1.807, 2.05) is 12.1 Å². The Kier molecular flexibility index (Phi) is 0.991. The Morgan fingerprint density at radius 1 is 1.86 bits per heavy atom. The summed E-state index contributed by atoms with van der Waals surface area (Å²) >= 11 is 0. The smallest absolute Gasteiger partial charge is 0.140 e. The summed E-state index contributed by atoms with van der Waals surface area (Å²) in [7, 11) is 0. The Bertz CT molecular complexity index is 113. The van der Waals surface area contributed by atoms with Gasteiger partial charge < -0.3 is 0 Å². The maximum absolute atomic E-state index is 8.18. The molecule has 1 aliphatic rings. The minimum Gasteiger partial charge on any atom is -0.275 e. The van der Waals surface area contributed by atoms with Crippen molar-refractivity contribution in [3.8, 4) is 6.07 Å². The Morgan fingerprint density at radius 2 is 2.71 bits per heavy atom. The molecule has 0 aromatic carbocycles. The molecule has 2 nitrogen and oxygen atoms in total. The van der Waals surface area contributed by atoms with Crippen LogP contribution in [-0.2, 0) is 0 Å². The van der Waals surface area contributed by atoms with Crippen LogP contribution in [0.5, 0.6) is 0 Å². The molecule has 0 aromatic heterocycles. The molecule has 1 rings (SSSR count). The minimum absolute atomic E-state index is 0.0833. The lowest BCUT2D eigenvalue weighted by Crippen LogP contribution is -2.07. The molecule has 0 aliphatic carbocycles. The SMILES string of the molecule is N#CC1CC=C[N]1. The van der Waals surface area contributed by atoms with Crippen molar-refractivity contribution in [3.63, 3.8) is 0 Å². The summed E-state index contributed by atoms with van der Waals surface area (Å²) in [5.41, 5.74) is 0. The van der Waals surface area contributed by atoms with Gasteiger partial charge in [-0.2, -0.15) is 5.26 Å². The molecule has 1 heterocycles. The fraction of sp³-hybridized carbons (Fsp3) is 0.400. The van der Waals surface area contributed by atoms with Gasteiger partial charge in [0.2, 0.25) is 0 Å². The third-order valence-corrected chi connectivity index (χ3v) is 0.880. The molecule has 0 bridgehead atoms. The van der Waals surface area contributed by atoms with E-state index in [4.69, 9.17) is 5.26 Å². The molecule has 0 saturated carbocycles. The van der Waals surface area contributed by atoms with Crippen molar-refractivity contribution in [2.45, 2.75) is 12.5 Å². The highest BCUT2D eigenvalue weighted by atomic mass is 14.9. The first-order valence-electron chi connectivity index (χ1n) is 2.18. The van der Waals surface area contributed by atoms with Crippen LogP contribution in [0.1, 0.15) is 6.42 Å². The Morgan fingerprint density at radius 3 is 3.00 bits per heavy atom. The molecule has 0 amide bonds. The molecular weight excluding hydrogens is 88.1 g/mol. The van der Waals surface area contributed by atoms with Crippen molar-refractivity contribution < 1.29 is 0 Å². The largest absolute Gasteiger partial charge is 0.275 e. The second-order valence-corrected chi connectivity index (χ2v) is 1.41. The maximum Gasteiger partial charge on any atom is 0.140 e. The summed E-state index contributed by atoms with van der Waals surface area (Å²) in [4.78, 5) is 0. The lowest BCUT2D eigenvalue weighted by Gasteiger charge is -1.89. The molecule has 1 aliphatic heterocycles. The Balaban J connectivity index is 2.39. The summed E-state index contributed by atoms with van der Waals surface area (Å²) in [6, 6.07) is 1.95. The van der Waals surface area contributed by atoms with Crippen LogP contribution in [0.25, 0.3) is 0 Å². The van der Waals surface area contributed by atoms with Gasteiger partial charge in [-0.15, -0.1) is 0 Å². The minimum atomic E-state index is -0.0833. The van der Waals surface area contributed by atoms with E-state index < -0.39 is 0 Å². The fourth-order valence-corrected chi connectivity index (χ4v) is 0.501. The van der Waals surface area contributed by atoms with Crippen LogP contribution >= 0.6 is 0 Å². The lowest BCUT2D eigenvalue weighted by atomic mass is 10.3. The predicted molar refractivity (Wildman–Crippen MR) is 25.3 cm³/mol. The van der Waals surface area contributed by atoms with E-state index in [0.717, 1.165) is 6.42 Å². The third kappa shape index (κ3) is 0.716. The van der Waals surface area contributed by atoms with E-state index in [2.05, 4.69) is 5.32 Å². The van der Waals surface area contributed by atoms with Gasteiger partial charge in [0.25, 0.3) is 0 Å². The molecule has 2 heteroatoms. The number of rotatable bonds is 0. The van der Waals surface area contributed by atoms with Crippen LogP contribution in [0.2, 0.25) is 0 Å². The predicted octanol–water partition coefficient (Wildman–Crippen LogP) is 0.400. The molecule has 0 saturated heterocycles. The first-order valence-corrected chi connectivity index (χ1v) is 2.18. The highest BCUT2D eigenvalue weighted by Crippen LogP contribution is 1.99. The van der Waals surface area contributed by atoms with Gasteiger partial charge in [0.1, 0.15) is 6.04 Å². The highest BCUT2D eigenvalue weighted by Gasteiger charge is 2.06. The quantitative estimate of drug-likeness (QED) is 0.427. The average molecular weight is 93.1 g/mol. The normalized spacial score (nSPS) is 26.4. The first kappa shape index (κ1) is 4.20. The van der Waals surface area contributed by atoms with Crippen molar-refractivity contribution in [1.82, 2.24) is 5.32 Å². The van der Waals surface area contributed by atoms with Crippen molar-refractivity contribution in [1.29, 1.82) is 5.26 Å². The molecule has 0 fully saturated rings. The van der Waals surface area contributed by atoms with Crippen LogP contribution in [-0.4, -0.2) is 6.04 Å². The second kappa shape index (κ2) is 1.65. The standard InChI is InChI=1S/C5H5N2/c6-4-5-2-1-3-7-5/h1,3,5H,2H2. The van der Waals surface area contributed by atoms with Gasteiger partial charge in [-0.05, 0) is 0 Å². The zero-order valence-electron chi connectivity index (χ0n) is 3.83. The second-order valence-electron chi connectivity index (χ2n) is 1.41. The zero-order chi connectivity index (χ0) is 5.11. The monoisotopic (exact) mass is 93.0 g/mol. The third-order valence-electron chi connectivity index (χ3n) is 0.880. The molecular formula is C5H5N2. The number of nitrogens with zero attached hydrogens (tertiary/aromatic N) is 2. The molecule has 0 aromatic rings. The van der Waals surface area contributed by atoms with E-state index in [9.17, 15) is 0 Å². The summed E-state index contributed by atoms with van der Waals surface area (Å²) in [5.74, 6) is 0. The van der Waals surface area contributed by atoms with E-state index in [0.29, 0.717) is 0 Å². The Labute approximate surface area is 42.4 Å². The molecule has 0 spiro atoms. The summed E-state index contributed by atoms with van der Waals surface area (Å²) in [6.45, 7) is 0. The molecule has 1 atom stereocenters.